The number of thioether (sulfide) groups is 3. The Labute approximate surface area is 135 Å². The minimum atomic E-state index is 0.247. The van der Waals surface area contributed by atoms with E-state index in [-0.39, 0.29) is 11.8 Å². The highest BCUT2D eigenvalue weighted by atomic mass is 32.2. The van der Waals surface area contributed by atoms with Gasteiger partial charge in [0.25, 0.3) is 0 Å². The Morgan fingerprint density at radius 1 is 0.950 bits per heavy atom. The van der Waals surface area contributed by atoms with Crippen LogP contribution in [-0.2, 0) is 9.59 Å². The highest BCUT2D eigenvalue weighted by Crippen LogP contribution is 2.53. The first-order chi connectivity index (χ1) is 9.63. The molecule has 2 nitrogen and oxygen atoms in total. The van der Waals surface area contributed by atoms with Crippen LogP contribution in [0.1, 0.15) is 26.2 Å². The summed E-state index contributed by atoms with van der Waals surface area (Å²) < 4.78 is 0. The van der Waals surface area contributed by atoms with Gasteiger partial charge in [-0.1, -0.05) is 11.8 Å². The number of Topliss-reactive ketones (excluding diaryl/α,β-unsaturated/α-hetero) is 1. The number of ketones is 1. The normalized spacial score (nSPS) is 31.7. The molecule has 20 heavy (non-hydrogen) atoms. The standard InChI is InChI=1S/C15H24O2S3/c1-10(16)13-8-12-7-11(13)9-14(12)15(17)20-6-5-19-4-3-18-2/h11-14H,3-9H2,1-2H3. The van der Waals surface area contributed by atoms with Crippen LogP contribution in [0.3, 0.4) is 0 Å². The average molecular weight is 333 g/mol. The van der Waals surface area contributed by atoms with Crippen molar-refractivity contribution in [3.63, 3.8) is 0 Å². The Bertz CT molecular complexity index is 359. The molecule has 0 N–H and O–H groups in total. The molecule has 0 heterocycles. The van der Waals surface area contributed by atoms with Crippen LogP contribution in [0.2, 0.25) is 0 Å². The molecule has 2 aliphatic carbocycles. The Balaban J connectivity index is 1.65. The lowest BCUT2D eigenvalue weighted by molar-refractivity contribution is -0.124. The molecule has 114 valence electrons. The second-order valence-electron chi connectivity index (χ2n) is 5.82. The van der Waals surface area contributed by atoms with Crippen LogP contribution in [0.25, 0.3) is 0 Å². The molecule has 2 aliphatic rings. The van der Waals surface area contributed by atoms with Crippen LogP contribution < -0.4 is 0 Å². The fraction of sp³-hybridized carbons (Fsp3) is 0.867. The third kappa shape index (κ3) is 4.20. The molecule has 4 atom stereocenters. The Morgan fingerprint density at radius 3 is 2.20 bits per heavy atom. The zero-order valence-corrected chi connectivity index (χ0v) is 14.7. The summed E-state index contributed by atoms with van der Waals surface area (Å²) in [5, 5.41) is 0.393. The van der Waals surface area contributed by atoms with Crippen molar-refractivity contribution in [2.24, 2.45) is 23.7 Å². The van der Waals surface area contributed by atoms with Crippen molar-refractivity contribution in [2.45, 2.75) is 26.2 Å². The predicted octanol–water partition coefficient (Wildman–Crippen LogP) is 3.59. The molecule has 0 radical (unpaired) electrons. The van der Waals surface area contributed by atoms with Gasteiger partial charge in [-0.3, -0.25) is 9.59 Å². The minimum absolute atomic E-state index is 0.247. The van der Waals surface area contributed by atoms with E-state index in [1.54, 1.807) is 6.92 Å². The summed E-state index contributed by atoms with van der Waals surface area (Å²) >= 11 is 5.35. The van der Waals surface area contributed by atoms with Gasteiger partial charge in [0, 0.05) is 34.8 Å². The van der Waals surface area contributed by atoms with Crippen molar-refractivity contribution in [1.29, 1.82) is 0 Å². The summed E-state index contributed by atoms with van der Waals surface area (Å²) in [4.78, 5) is 23.8. The van der Waals surface area contributed by atoms with E-state index in [0.717, 1.165) is 30.8 Å². The van der Waals surface area contributed by atoms with E-state index in [1.165, 1.54) is 23.3 Å². The number of carbonyl (C=O) groups excluding carboxylic acids is 2. The lowest BCUT2D eigenvalue weighted by Crippen LogP contribution is -2.26. The molecule has 2 bridgehead atoms. The maximum Gasteiger partial charge on any atom is 0.192 e. The molecule has 4 unspecified atom stereocenters. The fourth-order valence-corrected chi connectivity index (χ4v) is 6.47. The molecule has 5 heteroatoms. The summed E-state index contributed by atoms with van der Waals surface area (Å²) in [6, 6.07) is 0. The average Bonchev–Trinajstić information content (AvgIpc) is 3.02. The van der Waals surface area contributed by atoms with Gasteiger partial charge in [-0.25, -0.2) is 0 Å². The molecule has 0 aliphatic heterocycles. The summed E-state index contributed by atoms with van der Waals surface area (Å²) in [5.41, 5.74) is 0. The van der Waals surface area contributed by atoms with Crippen LogP contribution in [0.4, 0.5) is 0 Å². The molecular weight excluding hydrogens is 308 g/mol. The molecule has 2 rings (SSSR count). The van der Waals surface area contributed by atoms with Crippen molar-refractivity contribution >= 4 is 46.2 Å². The smallest absolute Gasteiger partial charge is 0.192 e. The first-order valence-corrected chi connectivity index (χ1v) is 10.9. The van der Waals surface area contributed by atoms with Crippen molar-refractivity contribution in [3.8, 4) is 0 Å². The summed E-state index contributed by atoms with van der Waals surface area (Å²) in [6.45, 7) is 1.71. The van der Waals surface area contributed by atoms with Gasteiger partial charge in [0.05, 0.1) is 0 Å². The Kier molecular flexibility index (Phi) is 6.82. The topological polar surface area (TPSA) is 34.1 Å². The van der Waals surface area contributed by atoms with Gasteiger partial charge in [-0.2, -0.15) is 23.5 Å². The van der Waals surface area contributed by atoms with E-state index in [9.17, 15) is 9.59 Å². The van der Waals surface area contributed by atoms with Crippen molar-refractivity contribution in [1.82, 2.24) is 0 Å². The van der Waals surface area contributed by atoms with Gasteiger partial charge in [0.15, 0.2) is 5.12 Å². The largest absolute Gasteiger partial charge is 0.300 e. The van der Waals surface area contributed by atoms with E-state index in [4.69, 9.17) is 0 Å². The van der Waals surface area contributed by atoms with Gasteiger partial charge >= 0.3 is 0 Å². The lowest BCUT2D eigenvalue weighted by Gasteiger charge is -2.25. The molecule has 0 aromatic rings. The predicted molar refractivity (Wildman–Crippen MR) is 91.7 cm³/mol. The third-order valence-electron chi connectivity index (χ3n) is 4.59. The van der Waals surface area contributed by atoms with E-state index >= 15 is 0 Å². The van der Waals surface area contributed by atoms with E-state index in [2.05, 4.69) is 6.26 Å². The van der Waals surface area contributed by atoms with Crippen LogP contribution in [0.15, 0.2) is 0 Å². The van der Waals surface area contributed by atoms with Crippen LogP contribution in [-0.4, -0.2) is 40.2 Å². The first kappa shape index (κ1) is 16.8. The number of fused-ring (bicyclic) bond motifs is 2. The second-order valence-corrected chi connectivity index (χ2v) is 9.13. The number of hydrogen-bond donors (Lipinski definition) is 0. The number of rotatable bonds is 8. The highest BCUT2D eigenvalue weighted by molar-refractivity contribution is 8.14. The van der Waals surface area contributed by atoms with Crippen LogP contribution in [0, 0.1) is 23.7 Å². The molecule has 0 aromatic heterocycles. The van der Waals surface area contributed by atoms with Crippen LogP contribution >= 0.6 is 35.3 Å². The highest BCUT2D eigenvalue weighted by Gasteiger charge is 2.49. The zero-order valence-electron chi connectivity index (χ0n) is 12.3. The number of carbonyl (C=O) groups is 2. The van der Waals surface area contributed by atoms with E-state index in [1.807, 2.05) is 23.5 Å². The van der Waals surface area contributed by atoms with Crippen molar-refractivity contribution < 1.29 is 9.59 Å². The first-order valence-electron chi connectivity index (χ1n) is 7.37. The fourth-order valence-electron chi connectivity index (χ4n) is 3.61. The summed E-state index contributed by atoms with van der Waals surface area (Å²) in [5.74, 6) is 6.25. The monoisotopic (exact) mass is 332 g/mol. The molecule has 2 saturated carbocycles. The van der Waals surface area contributed by atoms with Crippen LogP contribution in [0.5, 0.6) is 0 Å². The minimum Gasteiger partial charge on any atom is -0.300 e. The van der Waals surface area contributed by atoms with Gasteiger partial charge < -0.3 is 0 Å². The SMILES string of the molecule is CSCCSCCSC(=O)C1CC2CC1CC2C(C)=O. The molecule has 0 saturated heterocycles. The second kappa shape index (κ2) is 8.14. The molecule has 0 amide bonds. The van der Waals surface area contributed by atoms with Crippen molar-refractivity contribution in [3.05, 3.63) is 0 Å². The Hall–Kier alpha value is 0.390. The van der Waals surface area contributed by atoms with Gasteiger partial charge in [-0.15, -0.1) is 0 Å². The van der Waals surface area contributed by atoms with E-state index < -0.39 is 0 Å². The van der Waals surface area contributed by atoms with Gasteiger partial charge in [0.1, 0.15) is 5.78 Å². The quantitative estimate of drug-likeness (QED) is 0.635. The Morgan fingerprint density at radius 2 is 1.60 bits per heavy atom. The summed E-state index contributed by atoms with van der Waals surface area (Å²) in [7, 11) is 0. The molecular formula is C15H24O2S3. The van der Waals surface area contributed by atoms with E-state index in [0.29, 0.717) is 22.7 Å². The molecule has 0 aromatic carbocycles. The van der Waals surface area contributed by atoms with Gasteiger partial charge in [0.2, 0.25) is 0 Å². The molecule has 0 spiro atoms. The molecule has 2 fully saturated rings. The van der Waals surface area contributed by atoms with Gasteiger partial charge in [-0.05, 0) is 44.3 Å². The van der Waals surface area contributed by atoms with Crippen molar-refractivity contribution in [2.75, 3.05) is 29.3 Å². The summed E-state index contributed by atoms with van der Waals surface area (Å²) in [6.07, 6.45) is 5.19. The maximum absolute atomic E-state index is 12.3. The lowest BCUT2D eigenvalue weighted by atomic mass is 9.81. The third-order valence-corrected chi connectivity index (χ3v) is 7.70. The number of hydrogen-bond acceptors (Lipinski definition) is 5. The maximum atomic E-state index is 12.3. The zero-order chi connectivity index (χ0) is 14.5.